The lowest BCUT2D eigenvalue weighted by atomic mass is 10.1. The van der Waals surface area contributed by atoms with E-state index in [1.807, 2.05) is 38.1 Å². The number of unbranched alkanes of at least 4 members (excludes halogenated alkanes) is 1. The predicted octanol–water partition coefficient (Wildman–Crippen LogP) is 4.24. The molecule has 2 rings (SSSR count). The fourth-order valence-corrected chi connectivity index (χ4v) is 3.18. The first-order valence-electron chi connectivity index (χ1n) is 10.5. The lowest BCUT2D eigenvalue weighted by molar-refractivity contribution is -0.143. The zero-order valence-electron chi connectivity index (χ0n) is 18.0. The number of para-hydroxylation sites is 1. The summed E-state index contributed by atoms with van der Waals surface area (Å²) in [6.45, 7) is 6.41. The van der Waals surface area contributed by atoms with Crippen molar-refractivity contribution in [2.45, 2.75) is 52.6 Å². The second-order valence-corrected chi connectivity index (χ2v) is 7.24. The smallest absolute Gasteiger partial charge is 0.261 e. The summed E-state index contributed by atoms with van der Waals surface area (Å²) in [6, 6.07) is 13.1. The number of carbonyl (C=O) groups is 2. The molecule has 0 heterocycles. The molecule has 1 atom stereocenters. The van der Waals surface area contributed by atoms with Gasteiger partial charge in [-0.2, -0.15) is 0 Å². The van der Waals surface area contributed by atoms with Crippen LogP contribution in [0.15, 0.2) is 48.5 Å². The Morgan fingerprint density at radius 2 is 1.80 bits per heavy atom. The van der Waals surface area contributed by atoms with Crippen LogP contribution < -0.4 is 10.1 Å². The maximum atomic E-state index is 13.9. The summed E-state index contributed by atoms with van der Waals surface area (Å²) in [5.41, 5.74) is 1.99. The van der Waals surface area contributed by atoms with Crippen molar-refractivity contribution in [2.24, 2.45) is 0 Å². The minimum atomic E-state index is -0.627. The van der Waals surface area contributed by atoms with Gasteiger partial charge in [-0.1, -0.05) is 56.7 Å². The summed E-state index contributed by atoms with van der Waals surface area (Å²) in [4.78, 5) is 27.4. The van der Waals surface area contributed by atoms with Crippen LogP contribution in [0.1, 0.15) is 44.2 Å². The van der Waals surface area contributed by atoms with Crippen molar-refractivity contribution in [2.75, 3.05) is 13.2 Å². The van der Waals surface area contributed by atoms with Gasteiger partial charge in [-0.05, 0) is 43.0 Å². The summed E-state index contributed by atoms with van der Waals surface area (Å²) >= 11 is 0. The molecule has 0 saturated carbocycles. The van der Waals surface area contributed by atoms with E-state index in [2.05, 4.69) is 12.2 Å². The minimum Gasteiger partial charge on any atom is -0.481 e. The van der Waals surface area contributed by atoms with Crippen molar-refractivity contribution in [1.29, 1.82) is 0 Å². The highest BCUT2D eigenvalue weighted by molar-refractivity contribution is 5.88. The Kier molecular flexibility index (Phi) is 9.32. The van der Waals surface area contributed by atoms with Crippen molar-refractivity contribution in [1.82, 2.24) is 10.2 Å². The maximum Gasteiger partial charge on any atom is 0.261 e. The number of rotatable bonds is 11. The van der Waals surface area contributed by atoms with Crippen LogP contribution >= 0.6 is 0 Å². The Balaban J connectivity index is 2.20. The largest absolute Gasteiger partial charge is 0.481 e. The topological polar surface area (TPSA) is 58.6 Å². The van der Waals surface area contributed by atoms with Gasteiger partial charge in [0, 0.05) is 13.1 Å². The van der Waals surface area contributed by atoms with Gasteiger partial charge in [0.2, 0.25) is 5.91 Å². The number of nitrogens with one attached hydrogen (secondary N) is 1. The van der Waals surface area contributed by atoms with Crippen molar-refractivity contribution >= 4 is 11.8 Å². The number of hydrogen-bond donors (Lipinski definition) is 1. The Hall–Kier alpha value is -2.89. The fraction of sp³-hybridized carbons (Fsp3) is 0.417. The van der Waals surface area contributed by atoms with E-state index in [9.17, 15) is 14.0 Å². The molecule has 1 N–H and O–H groups in total. The summed E-state index contributed by atoms with van der Waals surface area (Å²) in [5.74, 6) is -1.06. The number of hydrogen-bond acceptors (Lipinski definition) is 3. The molecule has 0 aliphatic rings. The Bertz CT molecular complexity index is 841. The van der Waals surface area contributed by atoms with Crippen LogP contribution in [0.4, 0.5) is 4.39 Å². The van der Waals surface area contributed by atoms with E-state index in [0.29, 0.717) is 13.0 Å². The van der Waals surface area contributed by atoms with Crippen molar-refractivity contribution < 1.29 is 18.7 Å². The molecule has 0 unspecified atom stereocenters. The molecule has 0 bridgehead atoms. The van der Waals surface area contributed by atoms with Gasteiger partial charge in [0.05, 0.1) is 0 Å². The standard InChI is InChI=1S/C24H31FN2O3/c1-4-6-15-26-24(29)21(5-2)27(16-19-12-8-7-11-18(19)3)23(28)17-30-22-14-10-9-13-20(22)25/h7-14,21H,4-6,15-17H2,1-3H3,(H,26,29)/t21-/m0/s1. The molecule has 0 saturated heterocycles. The highest BCUT2D eigenvalue weighted by Gasteiger charge is 2.29. The van der Waals surface area contributed by atoms with Crippen LogP contribution in [0.25, 0.3) is 0 Å². The molecule has 30 heavy (non-hydrogen) atoms. The number of halogens is 1. The SMILES string of the molecule is CCCCNC(=O)[C@H](CC)N(Cc1ccccc1C)C(=O)COc1ccccc1F. The molecule has 2 aromatic carbocycles. The van der Waals surface area contributed by atoms with Gasteiger partial charge >= 0.3 is 0 Å². The van der Waals surface area contributed by atoms with Crippen LogP contribution in [0.3, 0.4) is 0 Å². The lowest BCUT2D eigenvalue weighted by Crippen LogP contribution is -2.50. The third-order valence-electron chi connectivity index (χ3n) is 5.01. The Morgan fingerprint density at radius 1 is 1.10 bits per heavy atom. The summed E-state index contributed by atoms with van der Waals surface area (Å²) < 4.78 is 19.3. The zero-order valence-corrected chi connectivity index (χ0v) is 18.0. The van der Waals surface area contributed by atoms with Crippen LogP contribution in [0.2, 0.25) is 0 Å². The molecule has 0 radical (unpaired) electrons. The third kappa shape index (κ3) is 6.58. The quantitative estimate of drug-likeness (QED) is 0.560. The minimum absolute atomic E-state index is 0.0159. The Morgan fingerprint density at radius 3 is 2.47 bits per heavy atom. The molecule has 162 valence electrons. The van der Waals surface area contributed by atoms with Gasteiger partial charge in [0.25, 0.3) is 5.91 Å². The summed E-state index contributed by atoms with van der Waals surface area (Å²) in [5, 5.41) is 2.92. The zero-order chi connectivity index (χ0) is 21.9. The summed E-state index contributed by atoms with van der Waals surface area (Å²) in [6.07, 6.45) is 2.32. The fourth-order valence-electron chi connectivity index (χ4n) is 3.18. The van der Waals surface area contributed by atoms with Crippen molar-refractivity contribution in [3.05, 3.63) is 65.5 Å². The van der Waals surface area contributed by atoms with E-state index in [1.54, 1.807) is 12.1 Å². The van der Waals surface area contributed by atoms with Crippen LogP contribution in [-0.2, 0) is 16.1 Å². The van der Waals surface area contributed by atoms with E-state index >= 15 is 0 Å². The molecule has 0 aliphatic carbocycles. The van der Waals surface area contributed by atoms with Crippen LogP contribution in [0, 0.1) is 12.7 Å². The van der Waals surface area contributed by atoms with Crippen LogP contribution in [-0.4, -0.2) is 35.9 Å². The highest BCUT2D eigenvalue weighted by atomic mass is 19.1. The molecule has 0 aliphatic heterocycles. The number of amides is 2. The average Bonchev–Trinajstić information content (AvgIpc) is 2.74. The second-order valence-electron chi connectivity index (χ2n) is 7.24. The van der Waals surface area contributed by atoms with Gasteiger partial charge in [-0.15, -0.1) is 0 Å². The number of benzene rings is 2. The van der Waals surface area contributed by atoms with E-state index in [0.717, 1.165) is 24.0 Å². The number of nitrogens with zero attached hydrogens (tertiary/aromatic N) is 1. The van der Waals surface area contributed by atoms with Gasteiger partial charge in [-0.25, -0.2) is 4.39 Å². The third-order valence-corrected chi connectivity index (χ3v) is 5.01. The average molecular weight is 415 g/mol. The molecule has 0 fully saturated rings. The molecule has 6 heteroatoms. The Labute approximate surface area is 178 Å². The van der Waals surface area contributed by atoms with Crippen LogP contribution in [0.5, 0.6) is 5.75 Å². The molecular formula is C24H31FN2O3. The van der Waals surface area contributed by atoms with Crippen molar-refractivity contribution in [3.8, 4) is 5.75 Å². The maximum absolute atomic E-state index is 13.9. The first kappa shape index (κ1) is 23.4. The first-order chi connectivity index (χ1) is 14.5. The lowest BCUT2D eigenvalue weighted by Gasteiger charge is -2.31. The normalized spacial score (nSPS) is 11.6. The van der Waals surface area contributed by atoms with Gasteiger partial charge < -0.3 is 15.0 Å². The monoisotopic (exact) mass is 414 g/mol. The molecular weight excluding hydrogens is 383 g/mol. The number of aryl methyl sites for hydroxylation is 1. The molecule has 2 amide bonds. The van der Waals surface area contributed by atoms with E-state index < -0.39 is 11.9 Å². The second kappa shape index (κ2) is 12.0. The van der Waals surface area contributed by atoms with Gasteiger partial charge in [-0.3, -0.25) is 9.59 Å². The van der Waals surface area contributed by atoms with Gasteiger partial charge in [0.1, 0.15) is 6.04 Å². The van der Waals surface area contributed by atoms with Crippen molar-refractivity contribution in [3.63, 3.8) is 0 Å². The predicted molar refractivity (Wildman–Crippen MR) is 116 cm³/mol. The van der Waals surface area contributed by atoms with E-state index in [4.69, 9.17) is 4.74 Å². The molecule has 5 nitrogen and oxygen atoms in total. The number of carbonyl (C=O) groups excluding carboxylic acids is 2. The van der Waals surface area contributed by atoms with E-state index in [-0.39, 0.29) is 30.7 Å². The van der Waals surface area contributed by atoms with Gasteiger partial charge in [0.15, 0.2) is 18.2 Å². The molecule has 0 spiro atoms. The first-order valence-corrected chi connectivity index (χ1v) is 10.5. The molecule has 0 aromatic heterocycles. The summed E-state index contributed by atoms with van der Waals surface area (Å²) in [7, 11) is 0. The number of ether oxygens (including phenoxy) is 1. The van der Waals surface area contributed by atoms with E-state index in [1.165, 1.54) is 17.0 Å². The highest BCUT2D eigenvalue weighted by Crippen LogP contribution is 2.18. The molecule has 2 aromatic rings.